The van der Waals surface area contributed by atoms with Gasteiger partial charge in [-0.05, 0) is 110 Å². The zero-order chi connectivity index (χ0) is 30.3. The highest BCUT2D eigenvalue weighted by molar-refractivity contribution is 7.75. The van der Waals surface area contributed by atoms with Crippen molar-refractivity contribution in [1.29, 1.82) is 0 Å². The first-order chi connectivity index (χ1) is 20.6. The first-order valence-electron chi connectivity index (χ1n) is 13.9. The van der Waals surface area contributed by atoms with Gasteiger partial charge >= 0.3 is 19.3 Å². The van der Waals surface area contributed by atoms with Crippen molar-refractivity contribution in [3.05, 3.63) is 137 Å². The summed E-state index contributed by atoms with van der Waals surface area (Å²) < 4.78 is 33.0. The Balaban J connectivity index is 1.46. The number of aryl methyl sites for hydroxylation is 4. The van der Waals surface area contributed by atoms with E-state index in [-0.39, 0.29) is 16.8 Å². The topological polar surface area (TPSA) is 78.9 Å². The number of benzene rings is 5. The van der Waals surface area contributed by atoms with Crippen LogP contribution in [0.4, 0.5) is 0 Å². The summed E-state index contributed by atoms with van der Waals surface area (Å²) in [5.74, 6) is -0.552. The number of hydrogen-bond acceptors (Lipinski definition) is 6. The van der Waals surface area contributed by atoms with E-state index in [9.17, 15) is 9.59 Å². The Morgan fingerprint density at radius 3 is 1.81 bits per heavy atom. The van der Waals surface area contributed by atoms with Crippen LogP contribution < -0.4 is 24.6 Å². The fraction of sp³-hybridized carbons (Fsp3) is 0.111. The Hall–Kier alpha value is -4.93. The fourth-order valence-electron chi connectivity index (χ4n) is 5.03. The molecule has 1 aliphatic heterocycles. The number of fused-ring (bicyclic) bond motifs is 3. The summed E-state index contributed by atoms with van der Waals surface area (Å²) in [6.07, 6.45) is 0. The number of hydrogen-bond donors (Lipinski definition) is 0. The van der Waals surface area contributed by atoms with E-state index in [0.717, 1.165) is 33.4 Å². The molecule has 0 spiro atoms. The number of rotatable bonds is 5. The van der Waals surface area contributed by atoms with Crippen LogP contribution in [-0.2, 0) is 4.57 Å². The molecule has 214 valence electrons. The van der Waals surface area contributed by atoms with Crippen LogP contribution in [-0.4, -0.2) is 11.9 Å². The zero-order valence-corrected chi connectivity index (χ0v) is 25.1. The van der Waals surface area contributed by atoms with Gasteiger partial charge in [0.1, 0.15) is 17.2 Å². The summed E-state index contributed by atoms with van der Waals surface area (Å²) in [4.78, 5) is 26.4. The SMILES string of the molecule is Cc1ccc(C(=O)Oc2ccc(OC(=O)c3ccc(C)c(C)c3)c(P3(=O)Oc4ccccc4-c4ccccc43)c2)cc1C. The summed E-state index contributed by atoms with van der Waals surface area (Å²) in [6.45, 7) is 7.76. The number of esters is 2. The molecule has 0 saturated carbocycles. The molecule has 0 amide bonds. The second-order valence-electron chi connectivity index (χ2n) is 10.7. The number of carbonyl (C=O) groups excluding carboxylic acids is 2. The highest BCUT2D eigenvalue weighted by atomic mass is 31.2. The van der Waals surface area contributed by atoms with Crippen molar-refractivity contribution in [2.24, 2.45) is 0 Å². The molecule has 0 bridgehead atoms. The summed E-state index contributed by atoms with van der Waals surface area (Å²) in [5, 5.41) is 0.562. The molecule has 6 nitrogen and oxygen atoms in total. The van der Waals surface area contributed by atoms with Crippen LogP contribution in [0.15, 0.2) is 103 Å². The van der Waals surface area contributed by atoms with E-state index in [1.807, 2.05) is 64.1 Å². The van der Waals surface area contributed by atoms with Crippen LogP contribution in [0.1, 0.15) is 43.0 Å². The number of ether oxygens (including phenoxy) is 2. The van der Waals surface area contributed by atoms with Gasteiger partial charge < -0.3 is 14.0 Å². The molecule has 5 aromatic carbocycles. The summed E-state index contributed by atoms with van der Waals surface area (Å²) in [7, 11) is -3.92. The van der Waals surface area contributed by atoms with E-state index in [2.05, 4.69) is 0 Å². The van der Waals surface area contributed by atoms with Crippen molar-refractivity contribution in [1.82, 2.24) is 0 Å². The lowest BCUT2D eigenvalue weighted by Crippen LogP contribution is -2.27. The first kappa shape index (κ1) is 28.2. The van der Waals surface area contributed by atoms with Gasteiger partial charge in [0.25, 0.3) is 0 Å². The van der Waals surface area contributed by atoms with Crippen molar-refractivity contribution in [3.63, 3.8) is 0 Å². The average Bonchev–Trinajstić information content (AvgIpc) is 3.00. The molecule has 1 atom stereocenters. The summed E-state index contributed by atoms with van der Waals surface area (Å²) in [5.41, 5.74) is 6.29. The largest absolute Gasteiger partial charge is 0.436 e. The second kappa shape index (κ2) is 11.0. The van der Waals surface area contributed by atoms with E-state index < -0.39 is 19.3 Å². The normalized spacial score (nSPS) is 15.1. The van der Waals surface area contributed by atoms with Gasteiger partial charge in [-0.2, -0.15) is 0 Å². The minimum Gasteiger partial charge on any atom is -0.436 e. The standard InChI is InChI=1S/C36H29O6P/c1-22-13-15-26(19-24(22)3)35(37)40-28-17-18-32(41-36(38)27-16-14-23(2)25(4)20-27)34(21-28)43(39)33-12-8-6-10-30(33)29-9-5-7-11-31(29)42-43/h5-21H,1-4H3. The van der Waals surface area contributed by atoms with Crippen molar-refractivity contribution < 1.29 is 28.2 Å². The Kier molecular flexibility index (Phi) is 7.25. The van der Waals surface area contributed by atoms with Gasteiger partial charge in [0.15, 0.2) is 0 Å². The van der Waals surface area contributed by atoms with Crippen LogP contribution in [0, 0.1) is 27.7 Å². The Bertz CT molecular complexity index is 1980. The van der Waals surface area contributed by atoms with Crippen LogP contribution in [0.5, 0.6) is 17.2 Å². The monoisotopic (exact) mass is 588 g/mol. The lowest BCUT2D eigenvalue weighted by Gasteiger charge is -2.29. The molecule has 0 N–H and O–H groups in total. The molecule has 7 heteroatoms. The van der Waals surface area contributed by atoms with Crippen molar-refractivity contribution in [2.75, 3.05) is 0 Å². The lowest BCUT2D eigenvalue weighted by atomic mass is 10.0. The van der Waals surface area contributed by atoms with Crippen molar-refractivity contribution in [2.45, 2.75) is 27.7 Å². The van der Waals surface area contributed by atoms with Crippen molar-refractivity contribution >= 4 is 29.9 Å². The Labute approximate surface area is 250 Å². The predicted octanol–water partition coefficient (Wildman–Crippen LogP) is 7.65. The van der Waals surface area contributed by atoms with Crippen molar-refractivity contribution in [3.8, 4) is 28.4 Å². The average molecular weight is 589 g/mol. The maximum Gasteiger partial charge on any atom is 0.343 e. The lowest BCUT2D eigenvalue weighted by molar-refractivity contribution is 0.0720. The maximum atomic E-state index is 15.1. The second-order valence-corrected chi connectivity index (χ2v) is 12.9. The van der Waals surface area contributed by atoms with Crippen LogP contribution in [0.3, 0.4) is 0 Å². The minimum absolute atomic E-state index is 0.0479. The van der Waals surface area contributed by atoms with Gasteiger partial charge in [0.2, 0.25) is 0 Å². The van der Waals surface area contributed by atoms with Gasteiger partial charge in [-0.15, -0.1) is 0 Å². The molecule has 1 unspecified atom stereocenters. The molecular weight excluding hydrogens is 559 g/mol. The summed E-state index contributed by atoms with van der Waals surface area (Å²) >= 11 is 0. The smallest absolute Gasteiger partial charge is 0.343 e. The number of carbonyl (C=O) groups is 2. The number of para-hydroxylation sites is 1. The van der Waals surface area contributed by atoms with E-state index in [1.165, 1.54) is 18.2 Å². The van der Waals surface area contributed by atoms with E-state index in [0.29, 0.717) is 22.2 Å². The molecule has 1 heterocycles. The highest BCUT2D eigenvalue weighted by Gasteiger charge is 2.40. The van der Waals surface area contributed by atoms with Gasteiger partial charge in [-0.3, -0.25) is 4.57 Å². The minimum atomic E-state index is -3.92. The molecule has 1 aliphatic rings. The van der Waals surface area contributed by atoms with Gasteiger partial charge in [-0.1, -0.05) is 48.5 Å². The first-order valence-corrected chi connectivity index (χ1v) is 15.5. The molecule has 0 fully saturated rings. The van der Waals surface area contributed by atoms with Crippen LogP contribution in [0.2, 0.25) is 0 Å². The van der Waals surface area contributed by atoms with Gasteiger partial charge in [-0.25, -0.2) is 9.59 Å². The third-order valence-electron chi connectivity index (χ3n) is 7.77. The molecule has 5 aromatic rings. The Morgan fingerprint density at radius 1 is 0.581 bits per heavy atom. The van der Waals surface area contributed by atoms with E-state index >= 15 is 4.57 Å². The maximum absolute atomic E-state index is 15.1. The zero-order valence-electron chi connectivity index (χ0n) is 24.2. The van der Waals surface area contributed by atoms with Crippen LogP contribution in [0.25, 0.3) is 11.1 Å². The molecule has 6 rings (SSSR count). The molecule has 0 aromatic heterocycles. The quantitative estimate of drug-likeness (QED) is 0.119. The predicted molar refractivity (Wildman–Crippen MR) is 168 cm³/mol. The molecular formula is C36H29O6P. The van der Waals surface area contributed by atoms with Gasteiger partial charge in [0, 0.05) is 5.56 Å². The van der Waals surface area contributed by atoms with E-state index in [4.69, 9.17) is 14.0 Å². The highest BCUT2D eigenvalue weighted by Crippen LogP contribution is 2.55. The van der Waals surface area contributed by atoms with Crippen LogP contribution >= 0.6 is 7.37 Å². The van der Waals surface area contributed by atoms with E-state index in [1.54, 1.807) is 48.5 Å². The Morgan fingerprint density at radius 2 is 1.16 bits per heavy atom. The third kappa shape index (κ3) is 5.26. The van der Waals surface area contributed by atoms with Gasteiger partial charge in [0.05, 0.1) is 21.7 Å². The summed E-state index contributed by atoms with van der Waals surface area (Å²) in [6, 6.07) is 29.7. The fourth-order valence-corrected chi connectivity index (χ4v) is 7.43. The molecule has 0 saturated heterocycles. The molecule has 43 heavy (non-hydrogen) atoms. The molecule has 0 aliphatic carbocycles. The molecule has 0 radical (unpaired) electrons. The third-order valence-corrected chi connectivity index (χ3v) is 10.2.